The van der Waals surface area contributed by atoms with Crippen LogP contribution >= 0.6 is 11.8 Å². The molecular formula is C16H23NO3S. The first-order valence-corrected chi connectivity index (χ1v) is 8.40. The Hall–Kier alpha value is -1.49. The maximum atomic E-state index is 12.2. The van der Waals surface area contributed by atoms with Crippen LogP contribution in [-0.2, 0) is 9.59 Å². The number of hydrogen-bond donors (Lipinski definition) is 2. The number of carbonyl (C=O) groups is 2. The highest BCUT2D eigenvalue weighted by Gasteiger charge is 2.21. The van der Waals surface area contributed by atoms with Gasteiger partial charge in [-0.3, -0.25) is 9.59 Å². The van der Waals surface area contributed by atoms with Crippen LogP contribution in [0.1, 0.15) is 44.7 Å². The fraction of sp³-hybridized carbons (Fsp3) is 0.500. The van der Waals surface area contributed by atoms with Crippen molar-refractivity contribution in [2.45, 2.75) is 44.0 Å². The number of carboxylic acid groups (broad SMARTS) is 1. The summed E-state index contributed by atoms with van der Waals surface area (Å²) in [5.74, 6) is -1.05. The van der Waals surface area contributed by atoms with E-state index in [9.17, 15) is 9.59 Å². The summed E-state index contributed by atoms with van der Waals surface area (Å²) in [6, 6.07) is 7.17. The second-order valence-electron chi connectivity index (χ2n) is 4.95. The van der Waals surface area contributed by atoms with Gasteiger partial charge in [-0.25, -0.2) is 0 Å². The maximum absolute atomic E-state index is 12.2. The van der Waals surface area contributed by atoms with Crippen molar-refractivity contribution in [1.82, 2.24) is 5.32 Å². The molecular weight excluding hydrogens is 286 g/mol. The number of nitrogens with one attached hydrogen (secondary N) is 1. The van der Waals surface area contributed by atoms with E-state index in [1.807, 2.05) is 44.4 Å². The Balaban J connectivity index is 2.88. The largest absolute Gasteiger partial charge is 0.481 e. The highest BCUT2D eigenvalue weighted by atomic mass is 32.2. The molecule has 4 nitrogen and oxygen atoms in total. The van der Waals surface area contributed by atoms with E-state index in [4.69, 9.17) is 5.11 Å². The summed E-state index contributed by atoms with van der Waals surface area (Å²) < 4.78 is 0. The molecule has 0 fully saturated rings. The van der Waals surface area contributed by atoms with Gasteiger partial charge in [0.15, 0.2) is 0 Å². The molecule has 1 unspecified atom stereocenters. The van der Waals surface area contributed by atoms with Gasteiger partial charge in [0, 0.05) is 10.8 Å². The van der Waals surface area contributed by atoms with Gasteiger partial charge in [-0.1, -0.05) is 26.0 Å². The normalized spacial score (nSPS) is 12.2. The van der Waals surface area contributed by atoms with Crippen LogP contribution in [0.3, 0.4) is 0 Å². The zero-order chi connectivity index (χ0) is 15.8. The van der Waals surface area contributed by atoms with Crippen molar-refractivity contribution < 1.29 is 14.7 Å². The molecule has 0 spiro atoms. The molecule has 1 atom stereocenters. The third-order valence-electron chi connectivity index (χ3n) is 3.57. The molecule has 116 valence electrons. The summed E-state index contributed by atoms with van der Waals surface area (Å²) in [5.41, 5.74) is 0.828. The molecule has 0 radical (unpaired) electrons. The fourth-order valence-corrected chi connectivity index (χ4v) is 2.62. The van der Waals surface area contributed by atoms with E-state index in [1.165, 1.54) is 0 Å². The first kappa shape index (κ1) is 17.6. The summed E-state index contributed by atoms with van der Waals surface area (Å²) in [5, 5.41) is 11.9. The van der Waals surface area contributed by atoms with E-state index < -0.39 is 12.0 Å². The van der Waals surface area contributed by atoms with Crippen molar-refractivity contribution in [2.75, 3.05) is 6.26 Å². The lowest BCUT2D eigenvalue weighted by Crippen LogP contribution is -2.34. The first-order chi connectivity index (χ1) is 10.0. The van der Waals surface area contributed by atoms with Crippen LogP contribution in [0, 0.1) is 5.92 Å². The van der Waals surface area contributed by atoms with Crippen LogP contribution in [0.2, 0.25) is 0 Å². The molecule has 0 saturated carbocycles. The monoisotopic (exact) mass is 309 g/mol. The summed E-state index contributed by atoms with van der Waals surface area (Å²) in [4.78, 5) is 24.3. The van der Waals surface area contributed by atoms with E-state index >= 15 is 0 Å². The highest BCUT2D eigenvalue weighted by Crippen LogP contribution is 2.22. The lowest BCUT2D eigenvalue weighted by Gasteiger charge is -2.21. The standard InChI is InChI=1S/C16H23NO3S/c1-4-11(5-2)16(20)17-14(10-15(18)19)12-6-8-13(21-3)9-7-12/h6-9,11,14H,4-5,10H2,1-3H3,(H,17,20)(H,18,19). The quantitative estimate of drug-likeness (QED) is 0.722. The number of thioether (sulfide) groups is 1. The van der Waals surface area contributed by atoms with Gasteiger partial charge in [-0.15, -0.1) is 11.8 Å². The van der Waals surface area contributed by atoms with Crippen LogP contribution < -0.4 is 5.32 Å². The van der Waals surface area contributed by atoms with Crippen molar-refractivity contribution in [3.05, 3.63) is 29.8 Å². The van der Waals surface area contributed by atoms with Gasteiger partial charge in [0.1, 0.15) is 0 Å². The van der Waals surface area contributed by atoms with Crippen molar-refractivity contribution in [3.8, 4) is 0 Å². The number of carboxylic acids is 1. The van der Waals surface area contributed by atoms with Gasteiger partial charge in [0.25, 0.3) is 0 Å². The average molecular weight is 309 g/mol. The Morgan fingerprint density at radius 3 is 2.19 bits per heavy atom. The summed E-state index contributed by atoms with van der Waals surface area (Å²) >= 11 is 1.63. The Labute approximate surface area is 130 Å². The second-order valence-corrected chi connectivity index (χ2v) is 5.83. The zero-order valence-corrected chi connectivity index (χ0v) is 13.6. The van der Waals surface area contributed by atoms with Crippen LogP contribution in [-0.4, -0.2) is 23.2 Å². The number of benzene rings is 1. The Kier molecular flexibility index (Phi) is 7.29. The van der Waals surface area contributed by atoms with Gasteiger partial charge in [0.05, 0.1) is 12.5 Å². The molecule has 0 aliphatic carbocycles. The zero-order valence-electron chi connectivity index (χ0n) is 12.8. The van der Waals surface area contributed by atoms with Gasteiger partial charge in [0.2, 0.25) is 5.91 Å². The van der Waals surface area contributed by atoms with Gasteiger partial charge < -0.3 is 10.4 Å². The number of hydrogen-bond acceptors (Lipinski definition) is 3. The van der Waals surface area contributed by atoms with Crippen molar-refractivity contribution in [3.63, 3.8) is 0 Å². The highest BCUT2D eigenvalue weighted by molar-refractivity contribution is 7.98. The second kappa shape index (κ2) is 8.72. The molecule has 0 saturated heterocycles. The summed E-state index contributed by atoms with van der Waals surface area (Å²) in [6.07, 6.45) is 3.39. The lowest BCUT2D eigenvalue weighted by molar-refractivity contribution is -0.138. The minimum absolute atomic E-state index is 0.0632. The van der Waals surface area contributed by atoms with E-state index in [2.05, 4.69) is 5.32 Å². The molecule has 0 aliphatic rings. The van der Waals surface area contributed by atoms with Gasteiger partial charge >= 0.3 is 5.97 Å². The van der Waals surface area contributed by atoms with Gasteiger partial charge in [-0.2, -0.15) is 0 Å². The fourth-order valence-electron chi connectivity index (χ4n) is 2.21. The van der Waals surface area contributed by atoms with E-state index in [1.54, 1.807) is 11.8 Å². The van der Waals surface area contributed by atoms with E-state index in [0.29, 0.717) is 0 Å². The number of rotatable bonds is 8. The molecule has 1 rings (SSSR count). The van der Waals surface area contributed by atoms with Crippen LogP contribution in [0.5, 0.6) is 0 Å². The number of carbonyl (C=O) groups excluding carboxylic acids is 1. The molecule has 5 heteroatoms. The Bertz CT molecular complexity index is 469. The maximum Gasteiger partial charge on any atom is 0.305 e. The Morgan fingerprint density at radius 2 is 1.76 bits per heavy atom. The minimum atomic E-state index is -0.918. The number of aliphatic carboxylic acids is 1. The number of amides is 1. The van der Waals surface area contributed by atoms with Gasteiger partial charge in [-0.05, 0) is 36.8 Å². The summed E-state index contributed by atoms with van der Waals surface area (Å²) in [6.45, 7) is 3.93. The molecule has 2 N–H and O–H groups in total. The molecule has 1 aromatic rings. The molecule has 0 heterocycles. The van der Waals surface area contributed by atoms with Crippen LogP contribution in [0.4, 0.5) is 0 Å². The lowest BCUT2D eigenvalue weighted by atomic mass is 9.99. The average Bonchev–Trinajstić information content (AvgIpc) is 2.47. The third-order valence-corrected chi connectivity index (χ3v) is 4.31. The molecule has 0 aliphatic heterocycles. The predicted octanol–water partition coefficient (Wildman–Crippen LogP) is 3.48. The molecule has 1 aromatic carbocycles. The first-order valence-electron chi connectivity index (χ1n) is 7.17. The molecule has 1 amide bonds. The SMILES string of the molecule is CCC(CC)C(=O)NC(CC(=O)O)c1ccc(SC)cc1. The van der Waals surface area contributed by atoms with E-state index in [-0.39, 0.29) is 18.2 Å². The molecule has 0 aromatic heterocycles. The van der Waals surface area contributed by atoms with Crippen molar-refractivity contribution >= 4 is 23.6 Å². The summed E-state index contributed by atoms with van der Waals surface area (Å²) in [7, 11) is 0. The van der Waals surface area contributed by atoms with Crippen LogP contribution in [0.15, 0.2) is 29.2 Å². The molecule has 21 heavy (non-hydrogen) atoms. The van der Waals surface area contributed by atoms with Crippen molar-refractivity contribution in [1.29, 1.82) is 0 Å². The minimum Gasteiger partial charge on any atom is -0.481 e. The van der Waals surface area contributed by atoms with Crippen molar-refractivity contribution in [2.24, 2.45) is 5.92 Å². The topological polar surface area (TPSA) is 66.4 Å². The predicted molar refractivity (Wildman–Crippen MR) is 85.4 cm³/mol. The van der Waals surface area contributed by atoms with Crippen LogP contribution in [0.25, 0.3) is 0 Å². The third kappa shape index (κ3) is 5.42. The van der Waals surface area contributed by atoms with E-state index in [0.717, 1.165) is 23.3 Å². The smallest absolute Gasteiger partial charge is 0.305 e. The molecule has 0 bridgehead atoms. The Morgan fingerprint density at radius 1 is 1.19 bits per heavy atom.